The summed E-state index contributed by atoms with van der Waals surface area (Å²) in [6.07, 6.45) is 1.39. The summed E-state index contributed by atoms with van der Waals surface area (Å²) in [6, 6.07) is 7.71. The van der Waals surface area contributed by atoms with Crippen LogP contribution in [0.2, 0.25) is 0 Å². The van der Waals surface area contributed by atoms with Crippen LogP contribution >= 0.6 is 11.3 Å². The van der Waals surface area contributed by atoms with Crippen LogP contribution in [0, 0.1) is 11.3 Å². The van der Waals surface area contributed by atoms with Crippen molar-refractivity contribution in [1.29, 1.82) is 5.26 Å². The highest BCUT2D eigenvalue weighted by Gasteiger charge is 2.17. The van der Waals surface area contributed by atoms with Crippen LogP contribution in [0.25, 0.3) is 0 Å². The smallest absolute Gasteiger partial charge is 0.462 e. The lowest BCUT2D eigenvalue weighted by Gasteiger charge is -2.11. The van der Waals surface area contributed by atoms with Crippen molar-refractivity contribution in [3.05, 3.63) is 40.9 Å². The third-order valence-corrected chi connectivity index (χ3v) is 3.86. The summed E-state index contributed by atoms with van der Waals surface area (Å²) in [5.41, 5.74) is 0.981. The number of aromatic nitrogens is 1. The largest absolute Gasteiger partial charge is 0.488 e. The van der Waals surface area contributed by atoms with Crippen LogP contribution in [0.5, 0.6) is 0 Å². The Bertz CT molecular complexity index is 712. The van der Waals surface area contributed by atoms with Crippen molar-refractivity contribution < 1.29 is 19.6 Å². The molecule has 0 bridgehead atoms. The molecule has 0 aliphatic carbocycles. The SMILES string of the molecule is CCOC(=O)c1cnc(NC(C#N)c2ccc(B(O)O)cc2)s1. The van der Waals surface area contributed by atoms with Crippen LogP contribution in [-0.2, 0) is 4.74 Å². The molecule has 1 aromatic carbocycles. The number of nitriles is 1. The van der Waals surface area contributed by atoms with Crippen LogP contribution in [0.15, 0.2) is 30.5 Å². The molecule has 0 fully saturated rings. The summed E-state index contributed by atoms with van der Waals surface area (Å²) in [4.78, 5) is 16.0. The van der Waals surface area contributed by atoms with Crippen molar-refractivity contribution in [2.45, 2.75) is 13.0 Å². The number of hydrogen-bond acceptors (Lipinski definition) is 8. The maximum atomic E-state index is 11.6. The predicted octanol–water partition coefficient (Wildman–Crippen LogP) is 0.676. The first-order valence-electron chi connectivity index (χ1n) is 6.80. The Morgan fingerprint density at radius 3 is 2.74 bits per heavy atom. The van der Waals surface area contributed by atoms with E-state index in [9.17, 15) is 10.1 Å². The van der Waals surface area contributed by atoms with Crippen LogP contribution in [0.3, 0.4) is 0 Å². The minimum atomic E-state index is -1.55. The highest BCUT2D eigenvalue weighted by molar-refractivity contribution is 7.17. The highest BCUT2D eigenvalue weighted by atomic mass is 32.1. The molecule has 1 unspecified atom stereocenters. The van der Waals surface area contributed by atoms with Gasteiger partial charge in [0.15, 0.2) is 5.13 Å². The number of benzene rings is 1. The second kappa shape index (κ2) is 7.74. The maximum Gasteiger partial charge on any atom is 0.488 e. The molecule has 2 aromatic rings. The second-order valence-corrected chi connectivity index (χ2v) is 5.53. The van der Waals surface area contributed by atoms with Gasteiger partial charge >= 0.3 is 13.1 Å². The molecule has 1 atom stereocenters. The first-order chi connectivity index (χ1) is 11.0. The molecule has 0 radical (unpaired) electrons. The van der Waals surface area contributed by atoms with Crippen LogP contribution in [0.4, 0.5) is 5.13 Å². The first kappa shape index (κ1) is 17.0. The minimum Gasteiger partial charge on any atom is -0.462 e. The summed E-state index contributed by atoms with van der Waals surface area (Å²) < 4.78 is 4.88. The maximum absolute atomic E-state index is 11.6. The Labute approximate surface area is 137 Å². The van der Waals surface area contributed by atoms with Gasteiger partial charge in [-0.3, -0.25) is 0 Å². The summed E-state index contributed by atoms with van der Waals surface area (Å²) in [5, 5.41) is 30.8. The van der Waals surface area contributed by atoms with Gasteiger partial charge in [0.05, 0.1) is 18.9 Å². The summed E-state index contributed by atoms with van der Waals surface area (Å²) in [5.74, 6) is -0.451. The third kappa shape index (κ3) is 4.29. The lowest BCUT2D eigenvalue weighted by molar-refractivity contribution is 0.0532. The fourth-order valence-electron chi connectivity index (χ4n) is 1.81. The van der Waals surface area contributed by atoms with Gasteiger partial charge in [0.1, 0.15) is 10.9 Å². The Balaban J connectivity index is 2.10. The van der Waals surface area contributed by atoms with Gasteiger partial charge in [-0.15, -0.1) is 0 Å². The molecule has 9 heteroatoms. The Morgan fingerprint density at radius 2 is 2.17 bits per heavy atom. The normalized spacial score (nSPS) is 11.4. The van der Waals surface area contributed by atoms with E-state index in [1.54, 1.807) is 19.1 Å². The van der Waals surface area contributed by atoms with E-state index in [2.05, 4.69) is 16.4 Å². The van der Waals surface area contributed by atoms with E-state index in [-0.39, 0.29) is 6.61 Å². The van der Waals surface area contributed by atoms with E-state index >= 15 is 0 Å². The van der Waals surface area contributed by atoms with Gasteiger partial charge in [0.2, 0.25) is 0 Å². The van der Waals surface area contributed by atoms with Gasteiger partial charge in [-0.05, 0) is 17.9 Å². The van der Waals surface area contributed by atoms with Crippen molar-refractivity contribution in [3.8, 4) is 6.07 Å². The van der Waals surface area contributed by atoms with Crippen molar-refractivity contribution in [2.24, 2.45) is 0 Å². The van der Waals surface area contributed by atoms with E-state index in [0.29, 0.717) is 21.0 Å². The second-order valence-electron chi connectivity index (χ2n) is 4.50. The quantitative estimate of drug-likeness (QED) is 0.526. The lowest BCUT2D eigenvalue weighted by atomic mass is 9.80. The van der Waals surface area contributed by atoms with E-state index < -0.39 is 19.1 Å². The van der Waals surface area contributed by atoms with Crippen LogP contribution in [0.1, 0.15) is 28.2 Å². The molecule has 3 N–H and O–H groups in total. The van der Waals surface area contributed by atoms with E-state index in [4.69, 9.17) is 14.8 Å². The molecule has 0 amide bonds. The number of esters is 1. The number of nitrogens with one attached hydrogen (secondary N) is 1. The number of anilines is 1. The Kier molecular flexibility index (Phi) is 5.70. The zero-order valence-corrected chi connectivity index (χ0v) is 13.1. The number of rotatable bonds is 6. The molecule has 0 aliphatic heterocycles. The number of ether oxygens (including phenoxy) is 1. The monoisotopic (exact) mass is 331 g/mol. The lowest BCUT2D eigenvalue weighted by Crippen LogP contribution is -2.29. The van der Waals surface area contributed by atoms with Gasteiger partial charge in [0, 0.05) is 0 Å². The molecule has 23 heavy (non-hydrogen) atoms. The topological polar surface area (TPSA) is 115 Å². The zero-order valence-electron chi connectivity index (χ0n) is 12.3. The summed E-state index contributed by atoms with van der Waals surface area (Å²) in [7, 11) is -1.55. The zero-order chi connectivity index (χ0) is 16.8. The van der Waals surface area contributed by atoms with Crippen molar-refractivity contribution in [1.82, 2.24) is 4.98 Å². The number of carbonyl (C=O) groups is 1. The van der Waals surface area contributed by atoms with E-state index in [1.165, 1.54) is 18.3 Å². The van der Waals surface area contributed by atoms with Gasteiger partial charge in [0.25, 0.3) is 0 Å². The average molecular weight is 331 g/mol. The van der Waals surface area contributed by atoms with Crippen molar-refractivity contribution in [2.75, 3.05) is 11.9 Å². The molecule has 118 valence electrons. The molecule has 0 saturated heterocycles. The third-order valence-electron chi connectivity index (χ3n) is 2.95. The fraction of sp³-hybridized carbons (Fsp3) is 0.214. The van der Waals surface area contributed by atoms with Crippen molar-refractivity contribution >= 4 is 35.0 Å². The standard InChI is InChI=1S/C14H14BN3O4S/c1-2-22-13(19)12-8-17-14(23-12)18-11(7-16)9-3-5-10(6-4-9)15(20)21/h3-6,8,11,20-21H,2H2,1H3,(H,17,18). The number of carbonyl (C=O) groups excluding carboxylic acids is 1. The predicted molar refractivity (Wildman–Crippen MR) is 86.3 cm³/mol. The van der Waals surface area contributed by atoms with E-state index in [0.717, 1.165) is 11.3 Å². The van der Waals surface area contributed by atoms with Crippen molar-refractivity contribution in [3.63, 3.8) is 0 Å². The molecular formula is C14H14BN3O4S. The van der Waals surface area contributed by atoms with Gasteiger partial charge in [-0.1, -0.05) is 35.6 Å². The molecule has 0 saturated carbocycles. The molecule has 0 aliphatic rings. The minimum absolute atomic E-state index is 0.281. The Morgan fingerprint density at radius 1 is 1.48 bits per heavy atom. The van der Waals surface area contributed by atoms with Gasteiger partial charge in [-0.2, -0.15) is 5.26 Å². The molecule has 2 rings (SSSR count). The number of hydrogen-bond donors (Lipinski definition) is 3. The molecular weight excluding hydrogens is 317 g/mol. The summed E-state index contributed by atoms with van der Waals surface area (Å²) >= 11 is 1.10. The highest BCUT2D eigenvalue weighted by Crippen LogP contribution is 2.24. The van der Waals surface area contributed by atoms with E-state index in [1.807, 2.05) is 0 Å². The molecule has 1 heterocycles. The Hall–Kier alpha value is -2.41. The number of thiazole rings is 1. The van der Waals surface area contributed by atoms with Crippen LogP contribution in [-0.4, -0.2) is 34.7 Å². The van der Waals surface area contributed by atoms with Gasteiger partial charge in [-0.25, -0.2) is 9.78 Å². The van der Waals surface area contributed by atoms with Crippen LogP contribution < -0.4 is 10.8 Å². The first-order valence-corrected chi connectivity index (χ1v) is 7.62. The fourth-order valence-corrected chi connectivity index (χ4v) is 2.55. The summed E-state index contributed by atoms with van der Waals surface area (Å²) in [6.45, 7) is 2.00. The number of nitrogens with zero attached hydrogens (tertiary/aromatic N) is 2. The average Bonchev–Trinajstić information content (AvgIpc) is 3.01. The van der Waals surface area contributed by atoms with Gasteiger partial charge < -0.3 is 20.1 Å². The molecule has 7 nitrogen and oxygen atoms in total. The molecule has 1 aromatic heterocycles. The molecule has 0 spiro atoms.